The van der Waals surface area contributed by atoms with Gasteiger partial charge in [-0.3, -0.25) is 0 Å². The lowest BCUT2D eigenvalue weighted by Gasteiger charge is -2.10. The molecule has 0 aliphatic rings. The summed E-state index contributed by atoms with van der Waals surface area (Å²) in [5.41, 5.74) is 6.66. The molecule has 0 spiro atoms. The van der Waals surface area contributed by atoms with Crippen LogP contribution in [-0.2, 0) is 6.42 Å². The second-order valence-electron chi connectivity index (χ2n) is 3.98. The van der Waals surface area contributed by atoms with Gasteiger partial charge in [0.05, 0.1) is 12.2 Å². The predicted molar refractivity (Wildman–Crippen MR) is 70.1 cm³/mol. The van der Waals surface area contributed by atoms with Crippen molar-refractivity contribution >= 4 is 5.82 Å². The summed E-state index contributed by atoms with van der Waals surface area (Å²) in [5, 5.41) is 0. The Morgan fingerprint density at radius 1 is 1.41 bits per heavy atom. The minimum Gasteiger partial charge on any atom is -0.477 e. The molecule has 0 radical (unpaired) electrons. The first-order valence-electron chi connectivity index (χ1n) is 6.05. The number of hydrogen-bond acceptors (Lipinski definition) is 4. The van der Waals surface area contributed by atoms with Crippen molar-refractivity contribution in [3.8, 4) is 5.88 Å². The molecular weight excluding hydrogens is 214 g/mol. The van der Waals surface area contributed by atoms with Crippen LogP contribution in [0.5, 0.6) is 5.88 Å². The molecule has 1 rings (SSSR count). The zero-order valence-corrected chi connectivity index (χ0v) is 10.7. The highest BCUT2D eigenvalue weighted by Crippen LogP contribution is 2.20. The largest absolute Gasteiger partial charge is 0.477 e. The van der Waals surface area contributed by atoms with Crippen LogP contribution in [0.1, 0.15) is 37.6 Å². The summed E-state index contributed by atoms with van der Waals surface area (Å²) < 4.78 is 5.63. The van der Waals surface area contributed by atoms with Gasteiger partial charge in [-0.15, -0.1) is 6.58 Å². The maximum absolute atomic E-state index is 5.83. The highest BCUT2D eigenvalue weighted by atomic mass is 16.5. The molecule has 94 valence electrons. The Hall–Kier alpha value is -1.58. The minimum absolute atomic E-state index is 0.516. The van der Waals surface area contributed by atoms with Crippen molar-refractivity contribution in [2.45, 2.75) is 39.5 Å². The minimum atomic E-state index is 0.516. The van der Waals surface area contributed by atoms with Gasteiger partial charge < -0.3 is 10.5 Å². The smallest absolute Gasteiger partial charge is 0.221 e. The Morgan fingerprint density at radius 2 is 2.18 bits per heavy atom. The summed E-state index contributed by atoms with van der Waals surface area (Å²) in [7, 11) is 0. The van der Waals surface area contributed by atoms with Crippen molar-refractivity contribution in [2.24, 2.45) is 0 Å². The molecule has 0 amide bonds. The second kappa shape index (κ2) is 6.89. The Bertz CT molecular complexity index is 377. The molecule has 0 aliphatic carbocycles. The molecule has 0 bridgehead atoms. The number of aryl methyl sites for hydroxylation is 1. The van der Waals surface area contributed by atoms with Gasteiger partial charge in [-0.25, -0.2) is 4.98 Å². The zero-order valence-electron chi connectivity index (χ0n) is 10.7. The van der Waals surface area contributed by atoms with Crippen LogP contribution in [-0.4, -0.2) is 16.6 Å². The first kappa shape index (κ1) is 13.5. The number of nitrogen functional groups attached to an aromatic ring is 1. The van der Waals surface area contributed by atoms with Crippen LogP contribution in [0.15, 0.2) is 12.7 Å². The topological polar surface area (TPSA) is 61.0 Å². The van der Waals surface area contributed by atoms with Crippen molar-refractivity contribution in [1.82, 2.24) is 9.97 Å². The molecule has 0 fully saturated rings. The van der Waals surface area contributed by atoms with E-state index < -0.39 is 0 Å². The third kappa shape index (κ3) is 4.06. The van der Waals surface area contributed by atoms with Crippen LogP contribution < -0.4 is 10.5 Å². The summed E-state index contributed by atoms with van der Waals surface area (Å²) in [5.74, 6) is 1.89. The van der Waals surface area contributed by atoms with E-state index in [1.54, 1.807) is 0 Å². The van der Waals surface area contributed by atoms with Gasteiger partial charge in [0, 0.05) is 6.42 Å². The molecule has 4 nitrogen and oxygen atoms in total. The standard InChI is InChI=1S/C13H21N3O/c1-4-6-7-9-17-13-10(3)12(14)15-11(16-13)8-5-2/h4H,1,5-9H2,2-3H3,(H2,14,15,16). The van der Waals surface area contributed by atoms with E-state index in [-0.39, 0.29) is 0 Å². The Morgan fingerprint density at radius 3 is 2.82 bits per heavy atom. The SMILES string of the molecule is C=CCCCOc1nc(CCC)nc(N)c1C. The number of unbranched alkanes of at least 4 members (excludes halogenated alkanes) is 1. The fourth-order valence-corrected chi connectivity index (χ4v) is 1.43. The van der Waals surface area contributed by atoms with Crippen LogP contribution in [0.4, 0.5) is 5.82 Å². The van der Waals surface area contributed by atoms with Gasteiger partial charge in [0.1, 0.15) is 11.6 Å². The Kier molecular flexibility index (Phi) is 5.46. The number of hydrogen-bond donors (Lipinski definition) is 1. The normalized spacial score (nSPS) is 10.2. The van der Waals surface area contributed by atoms with Crippen LogP contribution in [0.2, 0.25) is 0 Å². The highest BCUT2D eigenvalue weighted by Gasteiger charge is 2.09. The molecule has 0 saturated heterocycles. The third-order valence-electron chi connectivity index (χ3n) is 2.45. The van der Waals surface area contributed by atoms with E-state index in [0.29, 0.717) is 18.3 Å². The maximum Gasteiger partial charge on any atom is 0.221 e. The van der Waals surface area contributed by atoms with Crippen molar-refractivity contribution in [1.29, 1.82) is 0 Å². The van der Waals surface area contributed by atoms with Crippen molar-refractivity contribution < 1.29 is 4.74 Å². The van der Waals surface area contributed by atoms with E-state index in [1.165, 1.54) is 0 Å². The zero-order chi connectivity index (χ0) is 12.7. The quantitative estimate of drug-likeness (QED) is 0.583. The van der Waals surface area contributed by atoms with Gasteiger partial charge in [-0.2, -0.15) is 4.98 Å². The van der Waals surface area contributed by atoms with Gasteiger partial charge in [0.25, 0.3) is 0 Å². The molecule has 0 aliphatic heterocycles. The van der Waals surface area contributed by atoms with Gasteiger partial charge in [-0.1, -0.05) is 13.0 Å². The molecule has 0 saturated carbocycles. The Labute approximate surface area is 103 Å². The summed E-state index contributed by atoms with van der Waals surface area (Å²) in [6, 6.07) is 0. The van der Waals surface area contributed by atoms with E-state index >= 15 is 0 Å². The molecule has 0 atom stereocenters. The molecule has 0 aromatic carbocycles. The summed E-state index contributed by atoms with van der Waals surface area (Å²) in [6.45, 7) is 8.28. The van der Waals surface area contributed by atoms with Crippen molar-refractivity contribution in [3.05, 3.63) is 24.0 Å². The third-order valence-corrected chi connectivity index (χ3v) is 2.45. The second-order valence-corrected chi connectivity index (χ2v) is 3.98. The number of nitrogens with two attached hydrogens (primary N) is 1. The van der Waals surface area contributed by atoms with E-state index in [2.05, 4.69) is 23.5 Å². The number of anilines is 1. The number of nitrogens with zero attached hydrogens (tertiary/aromatic N) is 2. The van der Waals surface area contributed by atoms with Crippen molar-refractivity contribution in [2.75, 3.05) is 12.3 Å². The summed E-state index contributed by atoms with van der Waals surface area (Å²) in [4.78, 5) is 8.62. The van der Waals surface area contributed by atoms with E-state index in [9.17, 15) is 0 Å². The van der Waals surface area contributed by atoms with Crippen LogP contribution >= 0.6 is 0 Å². The van der Waals surface area contributed by atoms with Crippen LogP contribution in [0, 0.1) is 6.92 Å². The number of ether oxygens (including phenoxy) is 1. The fraction of sp³-hybridized carbons (Fsp3) is 0.538. The first-order valence-corrected chi connectivity index (χ1v) is 6.05. The lowest BCUT2D eigenvalue weighted by Crippen LogP contribution is -2.07. The van der Waals surface area contributed by atoms with Crippen LogP contribution in [0.3, 0.4) is 0 Å². The Balaban J connectivity index is 2.71. The molecule has 0 unspecified atom stereocenters. The molecule has 4 heteroatoms. The summed E-state index contributed by atoms with van der Waals surface area (Å²) >= 11 is 0. The molecule has 2 N–H and O–H groups in total. The lowest BCUT2D eigenvalue weighted by atomic mass is 10.3. The molecule has 1 aromatic heterocycles. The molecule has 1 heterocycles. The summed E-state index contributed by atoms with van der Waals surface area (Å²) in [6.07, 6.45) is 5.59. The maximum atomic E-state index is 5.83. The first-order chi connectivity index (χ1) is 8.19. The van der Waals surface area contributed by atoms with Gasteiger partial charge >= 0.3 is 0 Å². The fourth-order valence-electron chi connectivity index (χ4n) is 1.43. The monoisotopic (exact) mass is 235 g/mol. The van der Waals surface area contributed by atoms with E-state index in [4.69, 9.17) is 10.5 Å². The van der Waals surface area contributed by atoms with Gasteiger partial charge in [0.2, 0.25) is 5.88 Å². The molecule has 17 heavy (non-hydrogen) atoms. The molecule has 1 aromatic rings. The van der Waals surface area contributed by atoms with Crippen LogP contribution in [0.25, 0.3) is 0 Å². The number of aromatic nitrogens is 2. The number of allylic oxidation sites excluding steroid dienone is 1. The molecular formula is C13H21N3O. The van der Waals surface area contributed by atoms with Gasteiger partial charge in [-0.05, 0) is 26.2 Å². The average Bonchev–Trinajstić information content (AvgIpc) is 2.31. The van der Waals surface area contributed by atoms with Crippen molar-refractivity contribution in [3.63, 3.8) is 0 Å². The van der Waals surface area contributed by atoms with Gasteiger partial charge in [0.15, 0.2) is 0 Å². The number of rotatable bonds is 7. The average molecular weight is 235 g/mol. The lowest BCUT2D eigenvalue weighted by molar-refractivity contribution is 0.296. The predicted octanol–water partition coefficient (Wildman–Crippen LogP) is 2.66. The van der Waals surface area contributed by atoms with E-state index in [1.807, 2.05) is 13.0 Å². The van der Waals surface area contributed by atoms with E-state index in [0.717, 1.165) is 37.1 Å². The highest BCUT2D eigenvalue weighted by molar-refractivity contribution is 5.44.